The van der Waals surface area contributed by atoms with Crippen molar-refractivity contribution < 1.29 is 9.53 Å². The Hall–Kier alpha value is -2.66. The number of methoxy groups -OCH3 is 1. The van der Waals surface area contributed by atoms with Gasteiger partial charge in [-0.1, -0.05) is 31.2 Å². The van der Waals surface area contributed by atoms with E-state index in [4.69, 9.17) is 9.72 Å². The van der Waals surface area contributed by atoms with Gasteiger partial charge in [-0.3, -0.25) is 4.79 Å². The Morgan fingerprint density at radius 3 is 2.62 bits per heavy atom. The highest BCUT2D eigenvalue weighted by molar-refractivity contribution is 7.15. The lowest BCUT2D eigenvalue weighted by atomic mass is 10.1. The first kappa shape index (κ1) is 18.1. The Morgan fingerprint density at radius 2 is 1.92 bits per heavy atom. The van der Waals surface area contributed by atoms with Crippen LogP contribution in [0.2, 0.25) is 0 Å². The molecule has 0 aliphatic rings. The molecule has 0 aliphatic heterocycles. The highest BCUT2D eigenvalue weighted by Gasteiger charge is 2.12. The van der Waals surface area contributed by atoms with E-state index in [1.807, 2.05) is 55.5 Å². The maximum Gasteiger partial charge on any atom is 0.224 e. The minimum atomic E-state index is 0.0467. The fourth-order valence-corrected chi connectivity index (χ4v) is 3.64. The molecule has 0 unspecified atom stereocenters. The van der Waals surface area contributed by atoms with Crippen molar-refractivity contribution in [2.24, 2.45) is 0 Å². The van der Waals surface area contributed by atoms with E-state index in [2.05, 4.69) is 12.2 Å². The van der Waals surface area contributed by atoms with Crippen molar-refractivity contribution in [3.8, 4) is 27.6 Å². The van der Waals surface area contributed by atoms with Gasteiger partial charge in [0, 0.05) is 28.1 Å². The van der Waals surface area contributed by atoms with Crippen LogP contribution in [0.3, 0.4) is 0 Å². The van der Waals surface area contributed by atoms with E-state index < -0.39 is 0 Å². The minimum absolute atomic E-state index is 0.0467. The van der Waals surface area contributed by atoms with Crippen molar-refractivity contribution in [1.82, 2.24) is 4.98 Å². The maximum absolute atomic E-state index is 11.7. The molecule has 0 atom stereocenters. The van der Waals surface area contributed by atoms with E-state index in [1.165, 1.54) is 0 Å². The first-order valence-electron chi connectivity index (χ1n) is 8.63. The van der Waals surface area contributed by atoms with E-state index in [9.17, 15) is 4.79 Å². The molecular formula is C21H22N2O2S. The summed E-state index contributed by atoms with van der Waals surface area (Å²) in [5, 5.41) is 3.88. The topological polar surface area (TPSA) is 51.2 Å². The van der Waals surface area contributed by atoms with Crippen molar-refractivity contribution >= 4 is 22.9 Å². The van der Waals surface area contributed by atoms with Crippen LogP contribution in [0.5, 0.6) is 5.75 Å². The van der Waals surface area contributed by atoms with Gasteiger partial charge in [0.2, 0.25) is 5.91 Å². The number of benzene rings is 2. The zero-order valence-corrected chi connectivity index (χ0v) is 16.0. The van der Waals surface area contributed by atoms with Crippen molar-refractivity contribution in [3.05, 3.63) is 53.4 Å². The molecule has 2 aromatic carbocycles. The normalized spacial score (nSPS) is 10.6. The molecule has 0 spiro atoms. The highest BCUT2D eigenvalue weighted by atomic mass is 32.1. The second-order valence-corrected chi connectivity index (χ2v) is 7.23. The van der Waals surface area contributed by atoms with Gasteiger partial charge in [0.25, 0.3) is 0 Å². The molecule has 0 fully saturated rings. The summed E-state index contributed by atoms with van der Waals surface area (Å²) in [4.78, 5) is 17.7. The predicted octanol–water partition coefficient (Wildman–Crippen LogP) is 5.53. The molecule has 0 aliphatic carbocycles. The molecule has 26 heavy (non-hydrogen) atoms. The first-order valence-corrected chi connectivity index (χ1v) is 9.44. The summed E-state index contributed by atoms with van der Waals surface area (Å²) >= 11 is 1.67. The van der Waals surface area contributed by atoms with Crippen LogP contribution < -0.4 is 10.1 Å². The second-order valence-electron chi connectivity index (χ2n) is 6.03. The fourth-order valence-electron chi connectivity index (χ4n) is 2.71. The zero-order chi connectivity index (χ0) is 18.5. The number of ether oxygens (including phenoxy) is 1. The number of carbonyl (C=O) groups excluding carboxylic acids is 1. The molecule has 0 saturated heterocycles. The number of aryl methyl sites for hydroxylation is 1. The van der Waals surface area contributed by atoms with Gasteiger partial charge >= 0.3 is 0 Å². The van der Waals surface area contributed by atoms with Gasteiger partial charge in [-0.05, 0) is 37.6 Å². The molecule has 0 bridgehead atoms. The standard InChI is InChI=1S/C21H22N2O2S/c1-4-6-19(24)22-17-11-9-15(10-12-17)20-14(2)26-21(23-20)16-7-5-8-18(13-16)25-3/h5,7-13H,4,6H2,1-3H3,(H,22,24). The number of nitrogens with zero attached hydrogens (tertiary/aromatic N) is 1. The summed E-state index contributed by atoms with van der Waals surface area (Å²) in [7, 11) is 1.67. The van der Waals surface area contributed by atoms with Crippen LogP contribution in [0.15, 0.2) is 48.5 Å². The average Bonchev–Trinajstić information content (AvgIpc) is 3.04. The van der Waals surface area contributed by atoms with E-state index in [-0.39, 0.29) is 5.91 Å². The van der Waals surface area contributed by atoms with Crippen molar-refractivity contribution in [2.75, 3.05) is 12.4 Å². The third-order valence-corrected chi connectivity index (χ3v) is 5.05. The Morgan fingerprint density at radius 1 is 1.15 bits per heavy atom. The molecule has 1 heterocycles. The van der Waals surface area contributed by atoms with Gasteiger partial charge in [-0.25, -0.2) is 4.98 Å². The summed E-state index contributed by atoms with van der Waals surface area (Å²) in [6, 6.07) is 15.8. The molecule has 0 radical (unpaired) electrons. The van der Waals surface area contributed by atoms with Crippen molar-refractivity contribution in [1.29, 1.82) is 0 Å². The summed E-state index contributed by atoms with van der Waals surface area (Å²) < 4.78 is 5.30. The van der Waals surface area contributed by atoms with Crippen LogP contribution in [0.4, 0.5) is 5.69 Å². The lowest BCUT2D eigenvalue weighted by molar-refractivity contribution is -0.116. The molecule has 3 aromatic rings. The summed E-state index contributed by atoms with van der Waals surface area (Å²) in [6.45, 7) is 4.07. The smallest absolute Gasteiger partial charge is 0.224 e. The number of carbonyl (C=O) groups is 1. The zero-order valence-electron chi connectivity index (χ0n) is 15.2. The van der Waals surface area contributed by atoms with Gasteiger partial charge in [-0.15, -0.1) is 11.3 Å². The maximum atomic E-state index is 11.7. The molecule has 1 aromatic heterocycles. The fraction of sp³-hybridized carbons (Fsp3) is 0.238. The molecule has 1 amide bonds. The molecular weight excluding hydrogens is 344 g/mol. The van der Waals surface area contributed by atoms with Crippen LogP contribution in [0, 0.1) is 6.92 Å². The first-order chi connectivity index (χ1) is 12.6. The molecule has 3 rings (SSSR count). The number of hydrogen-bond donors (Lipinski definition) is 1. The number of hydrogen-bond acceptors (Lipinski definition) is 4. The third-order valence-electron chi connectivity index (χ3n) is 4.03. The third kappa shape index (κ3) is 4.11. The van der Waals surface area contributed by atoms with Crippen molar-refractivity contribution in [3.63, 3.8) is 0 Å². The summed E-state index contributed by atoms with van der Waals surface area (Å²) in [6.07, 6.45) is 1.38. The number of thiazole rings is 1. The van der Waals surface area contributed by atoms with Gasteiger partial charge in [0.15, 0.2) is 0 Å². The van der Waals surface area contributed by atoms with E-state index >= 15 is 0 Å². The number of rotatable bonds is 6. The van der Waals surface area contributed by atoms with Crippen molar-refractivity contribution in [2.45, 2.75) is 26.7 Å². The van der Waals surface area contributed by atoms with Crippen LogP contribution in [-0.4, -0.2) is 18.0 Å². The van der Waals surface area contributed by atoms with Crippen LogP contribution in [0.1, 0.15) is 24.6 Å². The van der Waals surface area contributed by atoms with Crippen LogP contribution in [-0.2, 0) is 4.79 Å². The van der Waals surface area contributed by atoms with Crippen LogP contribution >= 0.6 is 11.3 Å². The van der Waals surface area contributed by atoms with Crippen LogP contribution in [0.25, 0.3) is 21.8 Å². The minimum Gasteiger partial charge on any atom is -0.497 e. The number of nitrogens with one attached hydrogen (secondary N) is 1. The molecule has 1 N–H and O–H groups in total. The van der Waals surface area contributed by atoms with Gasteiger partial charge in [0.1, 0.15) is 10.8 Å². The number of aromatic nitrogens is 1. The van der Waals surface area contributed by atoms with Gasteiger partial charge in [0.05, 0.1) is 12.8 Å². The molecule has 4 nitrogen and oxygen atoms in total. The van der Waals surface area contributed by atoms with E-state index in [0.717, 1.165) is 44.6 Å². The lowest BCUT2D eigenvalue weighted by Crippen LogP contribution is -2.10. The summed E-state index contributed by atoms with van der Waals surface area (Å²) in [5.41, 5.74) is 3.88. The highest BCUT2D eigenvalue weighted by Crippen LogP contribution is 2.34. The van der Waals surface area contributed by atoms with E-state index in [0.29, 0.717) is 6.42 Å². The Labute approximate surface area is 157 Å². The molecule has 134 valence electrons. The lowest BCUT2D eigenvalue weighted by Gasteiger charge is -2.05. The Kier molecular flexibility index (Phi) is 5.68. The Bertz CT molecular complexity index is 901. The van der Waals surface area contributed by atoms with E-state index in [1.54, 1.807) is 18.4 Å². The predicted molar refractivity (Wildman–Crippen MR) is 108 cm³/mol. The monoisotopic (exact) mass is 366 g/mol. The summed E-state index contributed by atoms with van der Waals surface area (Å²) in [5.74, 6) is 0.870. The Balaban J connectivity index is 1.83. The number of amides is 1. The second kappa shape index (κ2) is 8.15. The van der Waals surface area contributed by atoms with Gasteiger partial charge in [-0.2, -0.15) is 0 Å². The molecule has 0 saturated carbocycles. The van der Waals surface area contributed by atoms with Gasteiger partial charge < -0.3 is 10.1 Å². The number of anilines is 1. The molecule has 5 heteroatoms. The largest absolute Gasteiger partial charge is 0.497 e. The quantitative estimate of drug-likeness (QED) is 0.624. The average molecular weight is 366 g/mol. The SMILES string of the molecule is CCCC(=O)Nc1ccc(-c2nc(-c3cccc(OC)c3)sc2C)cc1.